The lowest BCUT2D eigenvalue weighted by Crippen LogP contribution is -2.35. The summed E-state index contributed by atoms with van der Waals surface area (Å²) in [7, 11) is 0. The van der Waals surface area contributed by atoms with Gasteiger partial charge in [-0.3, -0.25) is 19.2 Å². The minimum absolute atomic E-state index is 0.0787. The third-order valence-electron chi connectivity index (χ3n) is 4.79. The Balaban J connectivity index is 0.000000526. The second-order valence-electron chi connectivity index (χ2n) is 6.18. The second kappa shape index (κ2) is 6.46. The monoisotopic (exact) mass is 334 g/mol. The zero-order chi connectivity index (χ0) is 17.3. The van der Waals surface area contributed by atoms with Crippen molar-refractivity contribution in [3.63, 3.8) is 0 Å². The van der Waals surface area contributed by atoms with Gasteiger partial charge in [-0.1, -0.05) is 0 Å². The largest absolute Gasteiger partial charge is 0.483 e. The van der Waals surface area contributed by atoms with Crippen molar-refractivity contribution in [3.8, 4) is 0 Å². The number of carboxylic acid groups (broad SMARTS) is 1. The molecule has 8 heteroatoms. The predicted molar refractivity (Wildman–Crippen MR) is 81.6 cm³/mol. The first-order valence-electron chi connectivity index (χ1n) is 7.84. The number of hydrogen-bond donors (Lipinski definition) is 2. The van der Waals surface area contributed by atoms with Gasteiger partial charge in [0, 0.05) is 24.7 Å². The van der Waals surface area contributed by atoms with Crippen LogP contribution < -0.4 is 5.56 Å². The van der Waals surface area contributed by atoms with Gasteiger partial charge in [-0.05, 0) is 30.9 Å². The Kier molecular flexibility index (Phi) is 4.37. The molecule has 1 amide bonds. The minimum atomic E-state index is -0.319. The van der Waals surface area contributed by atoms with Gasteiger partial charge in [0.1, 0.15) is 5.56 Å². The molecule has 0 spiro atoms. The van der Waals surface area contributed by atoms with Crippen molar-refractivity contribution < 1.29 is 24.2 Å². The maximum absolute atomic E-state index is 12.6. The molecule has 128 valence electrons. The van der Waals surface area contributed by atoms with Crippen LogP contribution in [0.15, 0.2) is 10.9 Å². The van der Waals surface area contributed by atoms with E-state index in [2.05, 4.69) is 4.98 Å². The van der Waals surface area contributed by atoms with Crippen LogP contribution >= 0.6 is 0 Å². The van der Waals surface area contributed by atoms with Gasteiger partial charge in [-0.2, -0.15) is 0 Å². The van der Waals surface area contributed by atoms with Gasteiger partial charge in [0.2, 0.25) is 0 Å². The highest BCUT2D eigenvalue weighted by Crippen LogP contribution is 2.31. The van der Waals surface area contributed by atoms with Crippen LogP contribution in [0.5, 0.6) is 0 Å². The quantitative estimate of drug-likeness (QED) is 0.543. The fraction of sp³-hybridized carbons (Fsp3) is 0.500. The smallest absolute Gasteiger partial charge is 0.311 e. The van der Waals surface area contributed by atoms with Crippen LogP contribution in [-0.4, -0.2) is 53.0 Å². The highest BCUT2D eigenvalue weighted by Gasteiger charge is 2.45. The lowest BCUT2D eigenvalue weighted by Gasteiger charge is -2.17. The third kappa shape index (κ3) is 2.79. The SMILES string of the molecule is O=C1OC[C@H]2CN(C(=O)c3cc4c([nH]c3=O)CCC4)C[C@@H]12.O=CO. The Labute approximate surface area is 137 Å². The van der Waals surface area contributed by atoms with E-state index in [0.717, 1.165) is 30.5 Å². The van der Waals surface area contributed by atoms with E-state index in [4.69, 9.17) is 14.6 Å². The lowest BCUT2D eigenvalue weighted by molar-refractivity contribution is -0.141. The first kappa shape index (κ1) is 16.2. The normalized spacial score (nSPS) is 23.8. The summed E-state index contributed by atoms with van der Waals surface area (Å²) in [6.07, 6.45) is 2.80. The van der Waals surface area contributed by atoms with Gasteiger partial charge in [0.25, 0.3) is 17.9 Å². The van der Waals surface area contributed by atoms with Gasteiger partial charge in [0.15, 0.2) is 0 Å². The van der Waals surface area contributed by atoms with Gasteiger partial charge < -0.3 is 19.7 Å². The van der Waals surface area contributed by atoms with Crippen LogP contribution in [0.4, 0.5) is 0 Å². The topological polar surface area (TPSA) is 117 Å². The number of likely N-dealkylation sites (tertiary alicyclic amines) is 1. The van der Waals surface area contributed by atoms with Crippen molar-refractivity contribution in [3.05, 3.63) is 33.2 Å². The van der Waals surface area contributed by atoms with Crippen LogP contribution in [-0.2, 0) is 27.2 Å². The molecular weight excluding hydrogens is 316 g/mol. The average Bonchev–Trinajstić information content (AvgIpc) is 3.24. The summed E-state index contributed by atoms with van der Waals surface area (Å²) in [6, 6.07) is 1.73. The number of nitrogens with one attached hydrogen (secondary N) is 1. The molecule has 0 aromatic carbocycles. The van der Waals surface area contributed by atoms with Crippen molar-refractivity contribution in [2.75, 3.05) is 19.7 Å². The first-order valence-corrected chi connectivity index (χ1v) is 7.84. The number of ether oxygens (including phenoxy) is 1. The summed E-state index contributed by atoms with van der Waals surface area (Å²) in [4.78, 5) is 49.0. The van der Waals surface area contributed by atoms with E-state index in [0.29, 0.717) is 19.7 Å². The number of nitrogens with zero attached hydrogens (tertiary/aromatic N) is 1. The molecule has 3 heterocycles. The summed E-state index contributed by atoms with van der Waals surface area (Å²) in [5.74, 6) is -0.635. The average molecular weight is 334 g/mol. The highest BCUT2D eigenvalue weighted by atomic mass is 16.5. The number of aryl methyl sites for hydroxylation is 2. The number of amides is 1. The fourth-order valence-electron chi connectivity index (χ4n) is 3.61. The summed E-state index contributed by atoms with van der Waals surface area (Å²) in [6.45, 7) is 0.985. The molecule has 2 saturated heterocycles. The van der Waals surface area contributed by atoms with E-state index in [1.165, 1.54) is 0 Å². The van der Waals surface area contributed by atoms with Gasteiger partial charge >= 0.3 is 5.97 Å². The molecule has 1 aromatic rings. The van der Waals surface area contributed by atoms with Crippen LogP contribution in [0, 0.1) is 11.8 Å². The standard InChI is InChI=1S/C15H16N2O4.CH2O2/c18-13-10(4-8-2-1-3-12(8)16-13)14(19)17-5-9-7-21-15(20)11(9)6-17;2-1-3/h4,9,11H,1-3,5-7H2,(H,16,18);1H,(H,2,3)/t9-,11-;/m1./s1. The van der Waals surface area contributed by atoms with E-state index < -0.39 is 0 Å². The van der Waals surface area contributed by atoms with E-state index in [9.17, 15) is 14.4 Å². The van der Waals surface area contributed by atoms with E-state index in [1.807, 2.05) is 0 Å². The minimum Gasteiger partial charge on any atom is -0.483 e. The Morgan fingerprint density at radius 1 is 1.33 bits per heavy atom. The van der Waals surface area contributed by atoms with Crippen molar-refractivity contribution >= 4 is 18.3 Å². The number of rotatable bonds is 1. The Morgan fingerprint density at radius 3 is 2.79 bits per heavy atom. The van der Waals surface area contributed by atoms with Crippen LogP contribution in [0.25, 0.3) is 0 Å². The lowest BCUT2D eigenvalue weighted by atomic mass is 10.0. The molecule has 4 rings (SSSR count). The second-order valence-corrected chi connectivity index (χ2v) is 6.18. The van der Waals surface area contributed by atoms with Crippen LogP contribution in [0.2, 0.25) is 0 Å². The summed E-state index contributed by atoms with van der Waals surface area (Å²) in [5.41, 5.74) is 1.90. The van der Waals surface area contributed by atoms with Crippen molar-refractivity contribution in [2.24, 2.45) is 11.8 Å². The molecule has 1 aromatic heterocycles. The Bertz CT molecular complexity index is 741. The number of pyridine rings is 1. The van der Waals surface area contributed by atoms with E-state index in [-0.39, 0.29) is 41.3 Å². The number of carbonyl (C=O) groups excluding carboxylic acids is 2. The van der Waals surface area contributed by atoms with Crippen molar-refractivity contribution in [2.45, 2.75) is 19.3 Å². The molecule has 2 aliphatic heterocycles. The summed E-state index contributed by atoms with van der Waals surface area (Å²) >= 11 is 0. The van der Waals surface area contributed by atoms with Crippen molar-refractivity contribution in [1.82, 2.24) is 9.88 Å². The molecule has 0 radical (unpaired) electrons. The van der Waals surface area contributed by atoms with E-state index in [1.54, 1.807) is 11.0 Å². The van der Waals surface area contributed by atoms with Gasteiger partial charge in [0.05, 0.1) is 12.5 Å². The number of aromatic nitrogens is 1. The fourth-order valence-corrected chi connectivity index (χ4v) is 3.61. The summed E-state index contributed by atoms with van der Waals surface area (Å²) < 4.78 is 4.99. The Hall–Kier alpha value is -2.64. The number of hydrogen-bond acceptors (Lipinski definition) is 5. The van der Waals surface area contributed by atoms with Gasteiger partial charge in [-0.25, -0.2) is 0 Å². The van der Waals surface area contributed by atoms with Gasteiger partial charge in [-0.15, -0.1) is 0 Å². The molecule has 2 fully saturated rings. The molecule has 1 aliphatic carbocycles. The number of esters is 1. The zero-order valence-corrected chi connectivity index (χ0v) is 13.0. The number of cyclic esters (lactones) is 1. The number of fused-ring (bicyclic) bond motifs is 2. The summed E-state index contributed by atoms with van der Waals surface area (Å²) in [5, 5.41) is 6.89. The molecule has 2 atom stereocenters. The van der Waals surface area contributed by atoms with Crippen LogP contribution in [0.1, 0.15) is 28.0 Å². The molecule has 0 saturated carbocycles. The number of H-pyrrole nitrogens is 1. The molecular formula is C16H18N2O6. The van der Waals surface area contributed by atoms with E-state index >= 15 is 0 Å². The number of carbonyl (C=O) groups is 3. The Morgan fingerprint density at radius 2 is 2.08 bits per heavy atom. The van der Waals surface area contributed by atoms with Crippen LogP contribution in [0.3, 0.4) is 0 Å². The maximum atomic E-state index is 12.6. The molecule has 0 unspecified atom stereocenters. The zero-order valence-electron chi connectivity index (χ0n) is 13.0. The molecule has 2 N–H and O–H groups in total. The highest BCUT2D eigenvalue weighted by molar-refractivity contribution is 5.95. The first-order chi connectivity index (χ1) is 11.5. The molecule has 0 bridgehead atoms. The molecule has 3 aliphatic rings. The maximum Gasteiger partial charge on any atom is 0.311 e. The third-order valence-corrected chi connectivity index (χ3v) is 4.79. The predicted octanol–water partition coefficient (Wildman–Crippen LogP) is -0.191. The number of aromatic amines is 1. The molecule has 24 heavy (non-hydrogen) atoms. The molecule has 8 nitrogen and oxygen atoms in total. The van der Waals surface area contributed by atoms with Crippen molar-refractivity contribution in [1.29, 1.82) is 0 Å².